The summed E-state index contributed by atoms with van der Waals surface area (Å²) < 4.78 is 11.0. The van der Waals surface area contributed by atoms with Crippen LogP contribution in [0.2, 0.25) is 0 Å². The molecule has 0 heterocycles. The lowest BCUT2D eigenvalue weighted by atomic mass is 10.0. The molecule has 36 heavy (non-hydrogen) atoms. The molecular formula is C30H36N2O4. The number of ether oxygens (including phenoxy) is 2. The molecule has 2 amide bonds. The predicted molar refractivity (Wildman–Crippen MR) is 142 cm³/mol. The second-order valence-corrected chi connectivity index (χ2v) is 8.68. The van der Waals surface area contributed by atoms with Gasteiger partial charge in [0.2, 0.25) is 5.91 Å². The zero-order valence-electron chi connectivity index (χ0n) is 21.2. The highest BCUT2D eigenvalue weighted by molar-refractivity contribution is 5.88. The zero-order valence-corrected chi connectivity index (χ0v) is 21.2. The van der Waals surface area contributed by atoms with E-state index in [1.807, 2.05) is 84.9 Å². The number of hydrogen-bond acceptors (Lipinski definition) is 4. The van der Waals surface area contributed by atoms with Crippen LogP contribution in [0.15, 0.2) is 84.9 Å². The number of rotatable bonds is 14. The molecule has 190 valence electrons. The smallest absolute Gasteiger partial charge is 0.261 e. The summed E-state index contributed by atoms with van der Waals surface area (Å²) in [7, 11) is 1.62. The van der Waals surface area contributed by atoms with Gasteiger partial charge in [-0.2, -0.15) is 0 Å². The van der Waals surface area contributed by atoms with Crippen LogP contribution in [0.3, 0.4) is 0 Å². The van der Waals surface area contributed by atoms with E-state index in [0.717, 1.165) is 36.1 Å². The molecule has 1 N–H and O–H groups in total. The molecule has 3 aromatic rings. The quantitative estimate of drug-likeness (QED) is 0.324. The maximum atomic E-state index is 13.6. The number of nitrogens with one attached hydrogen (secondary N) is 1. The predicted octanol–water partition coefficient (Wildman–Crippen LogP) is 5.02. The summed E-state index contributed by atoms with van der Waals surface area (Å²) in [6.45, 7) is 2.83. The minimum absolute atomic E-state index is 0.156. The standard InChI is InChI=1S/C30H36N2O4/c1-3-4-11-20-31-30(34)28(21-24-12-7-5-8-13-24)32(22-25-16-18-26(35-2)19-17-25)29(33)23-36-27-14-9-6-10-15-27/h5-10,12-19,28H,3-4,11,20-23H2,1-2H3,(H,31,34)/t28-/m0/s1. The number of methoxy groups -OCH3 is 1. The third-order valence-corrected chi connectivity index (χ3v) is 5.97. The van der Waals surface area contributed by atoms with Crippen LogP contribution >= 0.6 is 0 Å². The SMILES string of the molecule is CCCCCNC(=O)[C@H](Cc1ccccc1)N(Cc1ccc(OC)cc1)C(=O)COc1ccccc1. The van der Waals surface area contributed by atoms with Gasteiger partial charge in [-0.15, -0.1) is 0 Å². The van der Waals surface area contributed by atoms with Crippen LogP contribution < -0.4 is 14.8 Å². The van der Waals surface area contributed by atoms with E-state index in [9.17, 15) is 9.59 Å². The Morgan fingerprint density at radius 3 is 2.14 bits per heavy atom. The van der Waals surface area contributed by atoms with Crippen LogP contribution in [0.5, 0.6) is 11.5 Å². The van der Waals surface area contributed by atoms with Crippen molar-refractivity contribution in [2.45, 2.75) is 45.2 Å². The van der Waals surface area contributed by atoms with Gasteiger partial charge in [-0.3, -0.25) is 9.59 Å². The van der Waals surface area contributed by atoms with Crippen molar-refractivity contribution in [3.8, 4) is 11.5 Å². The van der Waals surface area contributed by atoms with E-state index in [0.29, 0.717) is 18.7 Å². The lowest BCUT2D eigenvalue weighted by Gasteiger charge is -2.31. The Morgan fingerprint density at radius 2 is 1.50 bits per heavy atom. The summed E-state index contributed by atoms with van der Waals surface area (Å²) in [4.78, 5) is 28.6. The largest absolute Gasteiger partial charge is 0.497 e. The van der Waals surface area contributed by atoms with Crippen LogP contribution in [-0.4, -0.2) is 43.0 Å². The molecule has 0 saturated carbocycles. The fourth-order valence-electron chi connectivity index (χ4n) is 3.93. The lowest BCUT2D eigenvalue weighted by Crippen LogP contribution is -2.51. The average Bonchev–Trinajstić information content (AvgIpc) is 2.93. The number of amides is 2. The summed E-state index contributed by atoms with van der Waals surface area (Å²) >= 11 is 0. The molecule has 0 saturated heterocycles. The highest BCUT2D eigenvalue weighted by Crippen LogP contribution is 2.18. The van der Waals surface area contributed by atoms with Gasteiger partial charge < -0.3 is 19.7 Å². The number of hydrogen-bond donors (Lipinski definition) is 1. The van der Waals surface area contributed by atoms with E-state index in [1.165, 1.54) is 0 Å². The van der Waals surface area contributed by atoms with Gasteiger partial charge in [0, 0.05) is 19.5 Å². The highest BCUT2D eigenvalue weighted by atomic mass is 16.5. The van der Waals surface area contributed by atoms with Gasteiger partial charge in [0.15, 0.2) is 6.61 Å². The number of carbonyl (C=O) groups excluding carboxylic acids is 2. The molecule has 3 rings (SSSR count). The van der Waals surface area contributed by atoms with Gasteiger partial charge in [-0.05, 0) is 41.8 Å². The van der Waals surface area contributed by atoms with E-state index in [2.05, 4.69) is 12.2 Å². The normalized spacial score (nSPS) is 11.4. The summed E-state index contributed by atoms with van der Waals surface area (Å²) in [5, 5.41) is 3.06. The first-order valence-electron chi connectivity index (χ1n) is 12.5. The maximum Gasteiger partial charge on any atom is 0.261 e. The van der Waals surface area contributed by atoms with Crippen LogP contribution in [0.25, 0.3) is 0 Å². The molecule has 0 aliphatic heterocycles. The van der Waals surface area contributed by atoms with Crippen molar-refractivity contribution in [2.75, 3.05) is 20.3 Å². The molecule has 0 aliphatic rings. The van der Waals surface area contributed by atoms with Gasteiger partial charge in [0.1, 0.15) is 17.5 Å². The van der Waals surface area contributed by atoms with E-state index >= 15 is 0 Å². The van der Waals surface area contributed by atoms with E-state index in [1.54, 1.807) is 12.0 Å². The number of para-hydroxylation sites is 1. The fraction of sp³-hybridized carbons (Fsp3) is 0.333. The zero-order chi connectivity index (χ0) is 25.6. The van der Waals surface area contributed by atoms with Gasteiger partial charge >= 0.3 is 0 Å². The average molecular weight is 489 g/mol. The van der Waals surface area contributed by atoms with Gasteiger partial charge in [0.25, 0.3) is 5.91 Å². The molecule has 0 spiro atoms. The van der Waals surface area contributed by atoms with Crippen molar-refractivity contribution >= 4 is 11.8 Å². The first-order valence-corrected chi connectivity index (χ1v) is 12.5. The Bertz CT molecular complexity index is 1060. The van der Waals surface area contributed by atoms with Crippen LogP contribution in [-0.2, 0) is 22.6 Å². The fourth-order valence-corrected chi connectivity index (χ4v) is 3.93. The minimum Gasteiger partial charge on any atom is -0.497 e. The maximum absolute atomic E-state index is 13.6. The van der Waals surface area contributed by atoms with Gasteiger partial charge in [0.05, 0.1) is 7.11 Å². The summed E-state index contributed by atoms with van der Waals surface area (Å²) in [6, 6.07) is 25.9. The van der Waals surface area contributed by atoms with Crippen molar-refractivity contribution in [2.24, 2.45) is 0 Å². The second kappa shape index (κ2) is 14.6. The number of nitrogens with zero attached hydrogens (tertiary/aromatic N) is 1. The van der Waals surface area contributed by atoms with Crippen molar-refractivity contribution in [3.63, 3.8) is 0 Å². The molecule has 0 radical (unpaired) electrons. The van der Waals surface area contributed by atoms with Gasteiger partial charge in [-0.25, -0.2) is 0 Å². The van der Waals surface area contributed by atoms with E-state index in [-0.39, 0.29) is 25.0 Å². The Balaban J connectivity index is 1.86. The topological polar surface area (TPSA) is 67.9 Å². The molecule has 0 aromatic heterocycles. The lowest BCUT2D eigenvalue weighted by molar-refractivity contribution is -0.142. The summed E-state index contributed by atoms with van der Waals surface area (Å²) in [6.07, 6.45) is 3.43. The van der Waals surface area contributed by atoms with Crippen LogP contribution in [0, 0.1) is 0 Å². The number of benzene rings is 3. The molecule has 0 unspecified atom stereocenters. The number of carbonyl (C=O) groups is 2. The summed E-state index contributed by atoms with van der Waals surface area (Å²) in [5.74, 6) is 0.938. The monoisotopic (exact) mass is 488 g/mol. The molecule has 6 heteroatoms. The van der Waals surface area contributed by atoms with Crippen molar-refractivity contribution in [1.29, 1.82) is 0 Å². The molecule has 0 fully saturated rings. The molecule has 1 atom stereocenters. The Hall–Kier alpha value is -3.80. The molecule has 3 aromatic carbocycles. The highest BCUT2D eigenvalue weighted by Gasteiger charge is 2.30. The first kappa shape index (κ1) is 26.8. The summed E-state index contributed by atoms with van der Waals surface area (Å²) in [5.41, 5.74) is 1.89. The molecule has 6 nitrogen and oxygen atoms in total. The Morgan fingerprint density at radius 1 is 0.833 bits per heavy atom. The van der Waals surface area contributed by atoms with Crippen LogP contribution in [0.4, 0.5) is 0 Å². The van der Waals surface area contributed by atoms with E-state index in [4.69, 9.17) is 9.47 Å². The first-order chi connectivity index (χ1) is 17.6. The number of unbranched alkanes of at least 4 members (excludes halogenated alkanes) is 2. The third kappa shape index (κ3) is 8.45. The molecule has 0 aliphatic carbocycles. The van der Waals surface area contributed by atoms with Crippen molar-refractivity contribution in [3.05, 3.63) is 96.1 Å². The Labute approximate surface area is 214 Å². The van der Waals surface area contributed by atoms with Crippen molar-refractivity contribution < 1.29 is 19.1 Å². The third-order valence-electron chi connectivity index (χ3n) is 5.97. The minimum atomic E-state index is -0.678. The van der Waals surface area contributed by atoms with Gasteiger partial charge in [-0.1, -0.05) is 80.4 Å². The Kier molecular flexibility index (Phi) is 10.8. The second-order valence-electron chi connectivity index (χ2n) is 8.68. The molecular weight excluding hydrogens is 452 g/mol. The molecule has 0 bridgehead atoms. The van der Waals surface area contributed by atoms with Crippen LogP contribution in [0.1, 0.15) is 37.3 Å². The van der Waals surface area contributed by atoms with Crippen molar-refractivity contribution in [1.82, 2.24) is 10.2 Å². The van der Waals surface area contributed by atoms with E-state index < -0.39 is 6.04 Å².